The molecule has 7 heteroatoms. The molecule has 0 unspecified atom stereocenters. The zero-order chi connectivity index (χ0) is 13.9. The van der Waals surface area contributed by atoms with Crippen LogP contribution in [0.1, 0.15) is 11.4 Å². The number of hydrogen-bond acceptors (Lipinski definition) is 5. The maximum Gasteiger partial charge on any atom is 0.181 e. The van der Waals surface area contributed by atoms with E-state index in [0.29, 0.717) is 5.82 Å². The summed E-state index contributed by atoms with van der Waals surface area (Å²) >= 11 is 0. The van der Waals surface area contributed by atoms with Gasteiger partial charge in [-0.3, -0.25) is 4.68 Å². The smallest absolute Gasteiger partial charge is 0.181 e. The van der Waals surface area contributed by atoms with E-state index in [9.17, 15) is 8.42 Å². The first-order chi connectivity index (χ1) is 9.03. The van der Waals surface area contributed by atoms with E-state index in [1.165, 1.54) is 23.1 Å². The second-order valence-corrected chi connectivity index (χ2v) is 6.06. The monoisotopic (exact) mass is 276 g/mol. The normalized spacial score (nSPS) is 11.2. The third-order valence-corrected chi connectivity index (χ3v) is 4.33. The van der Waals surface area contributed by atoms with Crippen LogP contribution in [0.3, 0.4) is 0 Å². The Hall–Kier alpha value is -2.20. The number of nitrogens with zero attached hydrogens (tertiary/aromatic N) is 4. The van der Waals surface area contributed by atoms with Crippen LogP contribution in [0, 0.1) is 18.3 Å². The molecule has 0 fully saturated rings. The molecule has 19 heavy (non-hydrogen) atoms. The Labute approximate surface area is 111 Å². The van der Waals surface area contributed by atoms with Crippen LogP contribution < -0.4 is 0 Å². The van der Waals surface area contributed by atoms with Gasteiger partial charge >= 0.3 is 0 Å². The summed E-state index contributed by atoms with van der Waals surface area (Å²) in [5.41, 5.74) is 0.164. The quantitative estimate of drug-likeness (QED) is 0.828. The van der Waals surface area contributed by atoms with Gasteiger partial charge in [0.1, 0.15) is 18.2 Å². The van der Waals surface area contributed by atoms with Gasteiger partial charge in [-0.15, -0.1) is 0 Å². The van der Waals surface area contributed by atoms with Crippen LogP contribution >= 0.6 is 0 Å². The number of aromatic nitrogens is 3. The Morgan fingerprint density at radius 2 is 2.11 bits per heavy atom. The van der Waals surface area contributed by atoms with Gasteiger partial charge in [0, 0.05) is 0 Å². The summed E-state index contributed by atoms with van der Waals surface area (Å²) in [6, 6.07) is 8.07. The third-order valence-electron chi connectivity index (χ3n) is 2.58. The van der Waals surface area contributed by atoms with Gasteiger partial charge in [-0.1, -0.05) is 12.1 Å². The molecule has 0 radical (unpaired) electrons. The van der Waals surface area contributed by atoms with E-state index in [0.717, 1.165) is 0 Å². The Kier molecular flexibility index (Phi) is 3.62. The topological polar surface area (TPSA) is 88.6 Å². The molecule has 1 aromatic heterocycles. The average Bonchev–Trinajstić information content (AvgIpc) is 2.82. The molecular formula is C12H12N4O2S. The van der Waals surface area contributed by atoms with E-state index in [1.807, 2.05) is 6.07 Å². The number of sulfone groups is 1. The molecule has 2 rings (SSSR count). The predicted molar refractivity (Wildman–Crippen MR) is 68.0 cm³/mol. The van der Waals surface area contributed by atoms with Crippen molar-refractivity contribution in [2.24, 2.45) is 0 Å². The highest BCUT2D eigenvalue weighted by Gasteiger charge is 2.18. The highest BCUT2D eigenvalue weighted by molar-refractivity contribution is 7.91. The molecule has 0 spiro atoms. The van der Waals surface area contributed by atoms with Crippen molar-refractivity contribution in [1.29, 1.82) is 5.26 Å². The lowest BCUT2D eigenvalue weighted by atomic mass is 10.2. The van der Waals surface area contributed by atoms with Crippen molar-refractivity contribution < 1.29 is 8.42 Å². The lowest BCUT2D eigenvalue weighted by molar-refractivity contribution is 0.579. The number of hydrogen-bond donors (Lipinski definition) is 0. The maximum absolute atomic E-state index is 12.2. The molecule has 0 N–H and O–H groups in total. The molecular weight excluding hydrogens is 264 g/mol. The zero-order valence-corrected chi connectivity index (χ0v) is 11.1. The van der Waals surface area contributed by atoms with E-state index in [-0.39, 0.29) is 22.8 Å². The highest BCUT2D eigenvalue weighted by Crippen LogP contribution is 2.16. The largest absolute Gasteiger partial charge is 0.252 e. The molecule has 1 heterocycles. The second-order valence-electron chi connectivity index (χ2n) is 3.98. The summed E-state index contributed by atoms with van der Waals surface area (Å²) < 4.78 is 25.8. The van der Waals surface area contributed by atoms with Crippen molar-refractivity contribution in [1.82, 2.24) is 14.8 Å². The molecule has 0 aliphatic carbocycles. The Morgan fingerprint density at radius 1 is 1.37 bits per heavy atom. The van der Waals surface area contributed by atoms with E-state index in [2.05, 4.69) is 10.1 Å². The summed E-state index contributed by atoms with van der Waals surface area (Å²) in [5.74, 6) is 0.476. The van der Waals surface area contributed by atoms with Gasteiger partial charge < -0.3 is 0 Å². The summed E-state index contributed by atoms with van der Waals surface area (Å²) in [6.07, 6.45) is 1.49. The van der Waals surface area contributed by atoms with Gasteiger partial charge in [-0.2, -0.15) is 10.4 Å². The van der Waals surface area contributed by atoms with Gasteiger partial charge in [0.05, 0.1) is 22.8 Å². The van der Waals surface area contributed by atoms with Gasteiger partial charge in [0.25, 0.3) is 0 Å². The van der Waals surface area contributed by atoms with Crippen LogP contribution in [-0.4, -0.2) is 28.9 Å². The van der Waals surface area contributed by atoms with Crippen LogP contribution in [0.25, 0.3) is 0 Å². The summed E-state index contributed by atoms with van der Waals surface area (Å²) in [4.78, 5) is 3.99. The van der Waals surface area contributed by atoms with Crippen LogP contribution in [0.4, 0.5) is 0 Å². The van der Waals surface area contributed by atoms with E-state index in [4.69, 9.17) is 5.26 Å². The highest BCUT2D eigenvalue weighted by atomic mass is 32.2. The zero-order valence-electron chi connectivity index (χ0n) is 10.3. The van der Waals surface area contributed by atoms with E-state index in [1.54, 1.807) is 19.1 Å². The van der Waals surface area contributed by atoms with Crippen molar-refractivity contribution in [3.8, 4) is 6.07 Å². The molecule has 0 saturated heterocycles. The van der Waals surface area contributed by atoms with Crippen LogP contribution in [-0.2, 0) is 16.4 Å². The second kappa shape index (κ2) is 5.20. The molecule has 0 aliphatic heterocycles. The van der Waals surface area contributed by atoms with Crippen molar-refractivity contribution in [2.45, 2.75) is 18.4 Å². The lowest BCUT2D eigenvalue weighted by Gasteiger charge is -2.05. The fourth-order valence-corrected chi connectivity index (χ4v) is 3.03. The van der Waals surface area contributed by atoms with Gasteiger partial charge in [-0.05, 0) is 19.1 Å². The molecule has 0 saturated carbocycles. The van der Waals surface area contributed by atoms with Crippen molar-refractivity contribution >= 4 is 9.84 Å². The third kappa shape index (κ3) is 2.98. The molecule has 6 nitrogen and oxygen atoms in total. The number of aryl methyl sites for hydroxylation is 2. The number of nitriles is 1. The first-order valence-electron chi connectivity index (χ1n) is 5.61. The number of rotatable bonds is 4. The van der Waals surface area contributed by atoms with Gasteiger partial charge in [0.2, 0.25) is 0 Å². The minimum absolute atomic E-state index is 0.0642. The van der Waals surface area contributed by atoms with E-state index >= 15 is 0 Å². The SMILES string of the molecule is Cc1ncn(CCS(=O)(=O)c2ccccc2C#N)n1. The summed E-state index contributed by atoms with van der Waals surface area (Å²) in [7, 11) is -3.50. The Bertz CT molecular complexity index is 728. The average molecular weight is 276 g/mol. The van der Waals surface area contributed by atoms with Crippen molar-refractivity contribution in [2.75, 3.05) is 5.75 Å². The Morgan fingerprint density at radius 3 is 2.74 bits per heavy atom. The predicted octanol–water partition coefficient (Wildman–Crippen LogP) is 0.932. The fraction of sp³-hybridized carbons (Fsp3) is 0.250. The van der Waals surface area contributed by atoms with Crippen molar-refractivity contribution in [3.63, 3.8) is 0 Å². The molecule has 0 amide bonds. The molecule has 98 valence electrons. The standard InChI is InChI=1S/C12H12N4O2S/c1-10-14-9-16(15-10)6-7-19(17,18)12-5-3-2-4-11(12)8-13/h2-5,9H,6-7H2,1H3. The molecule has 0 aliphatic rings. The van der Waals surface area contributed by atoms with Crippen LogP contribution in [0.5, 0.6) is 0 Å². The summed E-state index contributed by atoms with van der Waals surface area (Å²) in [6.45, 7) is 1.94. The van der Waals surface area contributed by atoms with Crippen LogP contribution in [0.15, 0.2) is 35.5 Å². The van der Waals surface area contributed by atoms with Gasteiger partial charge in [0.15, 0.2) is 9.84 Å². The minimum Gasteiger partial charge on any atom is -0.252 e. The molecule has 1 aromatic carbocycles. The molecule has 2 aromatic rings. The summed E-state index contributed by atoms with van der Waals surface area (Å²) in [5, 5.41) is 13.0. The fourth-order valence-electron chi connectivity index (χ4n) is 1.65. The minimum atomic E-state index is -3.50. The van der Waals surface area contributed by atoms with E-state index < -0.39 is 9.84 Å². The first-order valence-corrected chi connectivity index (χ1v) is 7.26. The van der Waals surface area contributed by atoms with Crippen LogP contribution in [0.2, 0.25) is 0 Å². The Balaban J connectivity index is 2.21. The number of benzene rings is 1. The van der Waals surface area contributed by atoms with Gasteiger partial charge in [-0.25, -0.2) is 13.4 Å². The maximum atomic E-state index is 12.2. The lowest BCUT2D eigenvalue weighted by Crippen LogP contribution is -2.14. The molecule has 0 bridgehead atoms. The molecule has 0 atom stereocenters. The van der Waals surface area contributed by atoms with Crippen molar-refractivity contribution in [3.05, 3.63) is 42.0 Å². The first kappa shape index (κ1) is 13.2.